The van der Waals surface area contributed by atoms with Crippen molar-refractivity contribution in [2.75, 3.05) is 24.5 Å². The van der Waals surface area contributed by atoms with Crippen molar-refractivity contribution in [1.29, 1.82) is 0 Å². The molecule has 0 radical (unpaired) electrons. The molecule has 5 nitrogen and oxygen atoms in total. The topological polar surface area (TPSA) is 51.4 Å². The number of anilines is 1. The molecule has 2 N–H and O–H groups in total. The third-order valence-corrected chi connectivity index (χ3v) is 7.70. The number of H-pyrrole nitrogens is 1. The van der Waals surface area contributed by atoms with Gasteiger partial charge in [-0.15, -0.1) is 11.3 Å². The van der Waals surface area contributed by atoms with Crippen LogP contribution in [0.4, 0.5) is 5.00 Å². The number of nitrogens with one attached hydrogen (secondary N) is 2. The molecule has 0 saturated carbocycles. The second-order valence-electron chi connectivity index (χ2n) is 9.00. The van der Waals surface area contributed by atoms with Crippen LogP contribution in [0.25, 0.3) is 5.70 Å². The van der Waals surface area contributed by atoms with Crippen molar-refractivity contribution in [1.82, 2.24) is 15.2 Å². The Morgan fingerprint density at radius 1 is 1.32 bits per heavy atom. The molecule has 3 heterocycles. The minimum Gasteiger partial charge on any atom is -0.381 e. The molecule has 0 unspecified atom stereocenters. The first kappa shape index (κ1) is 23.6. The highest BCUT2D eigenvalue weighted by atomic mass is 32.1. The van der Waals surface area contributed by atoms with Crippen LogP contribution in [0.3, 0.4) is 0 Å². The Hall–Kier alpha value is -2.05. The Morgan fingerprint density at radius 2 is 2.00 bits per heavy atom. The summed E-state index contributed by atoms with van der Waals surface area (Å²) in [5.41, 5.74) is 5.96. The van der Waals surface area contributed by atoms with Crippen LogP contribution < -0.4 is 15.8 Å². The smallest absolute Gasteiger partial charge is 0.253 e. The van der Waals surface area contributed by atoms with Gasteiger partial charge >= 0.3 is 0 Å². The van der Waals surface area contributed by atoms with Gasteiger partial charge in [0, 0.05) is 66.2 Å². The lowest BCUT2D eigenvalue weighted by Crippen LogP contribution is -2.47. The first-order valence-electron chi connectivity index (χ1n) is 11.4. The van der Waals surface area contributed by atoms with Crippen LogP contribution in [0.5, 0.6) is 0 Å². The Bertz CT molecular complexity index is 966. The lowest BCUT2D eigenvalue weighted by Gasteiger charge is -2.40. The summed E-state index contributed by atoms with van der Waals surface area (Å²) < 4.78 is 0. The fourth-order valence-corrected chi connectivity index (χ4v) is 5.91. The number of aromatic nitrogens is 1. The molecule has 1 aliphatic rings. The van der Waals surface area contributed by atoms with Gasteiger partial charge in [-0.1, -0.05) is 6.58 Å². The summed E-state index contributed by atoms with van der Waals surface area (Å²) >= 11 is 1.81. The van der Waals surface area contributed by atoms with Crippen molar-refractivity contribution in [2.24, 2.45) is 0 Å². The van der Waals surface area contributed by atoms with Crippen LogP contribution in [0.2, 0.25) is 0 Å². The summed E-state index contributed by atoms with van der Waals surface area (Å²) in [5.74, 6) is 0. The second kappa shape index (κ2) is 10.0. The van der Waals surface area contributed by atoms with Crippen LogP contribution in [0.1, 0.15) is 61.6 Å². The monoisotopic (exact) mass is 442 g/mol. The number of rotatable bonds is 8. The van der Waals surface area contributed by atoms with E-state index in [-0.39, 0.29) is 5.56 Å². The summed E-state index contributed by atoms with van der Waals surface area (Å²) in [4.78, 5) is 20.4. The minimum atomic E-state index is -0.0228. The predicted octanol–water partition coefficient (Wildman–Crippen LogP) is 4.82. The van der Waals surface area contributed by atoms with Crippen LogP contribution >= 0.6 is 11.3 Å². The first-order valence-corrected chi connectivity index (χ1v) is 12.3. The molecule has 0 spiro atoms. The predicted molar refractivity (Wildman–Crippen MR) is 134 cm³/mol. The zero-order valence-electron chi connectivity index (χ0n) is 20.0. The molecule has 6 heteroatoms. The zero-order chi connectivity index (χ0) is 22.7. The van der Waals surface area contributed by atoms with Crippen LogP contribution in [-0.2, 0) is 6.54 Å². The number of thiophene rings is 1. The summed E-state index contributed by atoms with van der Waals surface area (Å²) in [6.45, 7) is 21.1. The van der Waals surface area contributed by atoms with Gasteiger partial charge in [-0.05, 0) is 71.6 Å². The molecule has 0 aromatic carbocycles. The number of hydrogen-bond donors (Lipinski definition) is 2. The van der Waals surface area contributed by atoms with E-state index >= 15 is 0 Å². The van der Waals surface area contributed by atoms with Crippen molar-refractivity contribution >= 4 is 22.0 Å². The molecule has 1 saturated heterocycles. The van der Waals surface area contributed by atoms with E-state index in [9.17, 15) is 4.79 Å². The minimum absolute atomic E-state index is 0.0228. The van der Waals surface area contributed by atoms with E-state index in [0.717, 1.165) is 34.6 Å². The fourth-order valence-electron chi connectivity index (χ4n) is 4.66. The summed E-state index contributed by atoms with van der Waals surface area (Å²) in [5, 5.41) is 6.95. The molecular weight excluding hydrogens is 404 g/mol. The van der Waals surface area contributed by atoms with Crippen LogP contribution in [0, 0.1) is 20.8 Å². The third kappa shape index (κ3) is 5.24. The van der Waals surface area contributed by atoms with Gasteiger partial charge in [0.2, 0.25) is 0 Å². The average Bonchev–Trinajstić information content (AvgIpc) is 3.09. The molecule has 0 bridgehead atoms. The van der Waals surface area contributed by atoms with Crippen molar-refractivity contribution in [2.45, 2.75) is 73.0 Å². The standard InChI is InChI=1S/C25H38N4OS/c1-8-29(21-9-11-28(12-10-21)16(2)3)25-19(6)23(15-31-25)20(7)26-14-22-17(4)13-18(5)27-24(22)30/h13,15-16,21,26H,7-12,14H2,1-6H3,(H,27,30). The van der Waals surface area contributed by atoms with Crippen LogP contribution in [0.15, 0.2) is 22.8 Å². The highest BCUT2D eigenvalue weighted by Crippen LogP contribution is 2.36. The van der Waals surface area contributed by atoms with E-state index in [0.29, 0.717) is 18.6 Å². The fraction of sp³-hybridized carbons (Fsp3) is 0.560. The van der Waals surface area contributed by atoms with Gasteiger partial charge < -0.3 is 20.1 Å². The van der Waals surface area contributed by atoms with Gasteiger partial charge in [-0.25, -0.2) is 0 Å². The number of aryl methyl sites for hydroxylation is 2. The summed E-state index contributed by atoms with van der Waals surface area (Å²) in [6.07, 6.45) is 2.43. The molecule has 3 rings (SSSR count). The van der Waals surface area contributed by atoms with Crippen molar-refractivity contribution in [3.05, 3.63) is 56.3 Å². The van der Waals surface area contributed by atoms with Gasteiger partial charge in [0.25, 0.3) is 5.56 Å². The lowest BCUT2D eigenvalue weighted by atomic mass is 10.0. The Balaban J connectivity index is 1.70. The van der Waals surface area contributed by atoms with E-state index in [2.05, 4.69) is 59.8 Å². The molecule has 0 atom stereocenters. The second-order valence-corrected chi connectivity index (χ2v) is 9.86. The van der Waals surface area contributed by atoms with Crippen molar-refractivity contribution in [3.8, 4) is 0 Å². The van der Waals surface area contributed by atoms with E-state index < -0.39 is 0 Å². The van der Waals surface area contributed by atoms with E-state index in [1.54, 1.807) is 0 Å². The quantitative estimate of drug-likeness (QED) is 0.615. The third-order valence-electron chi connectivity index (χ3n) is 6.58. The molecule has 1 fully saturated rings. The van der Waals surface area contributed by atoms with Gasteiger partial charge in [-0.2, -0.15) is 0 Å². The largest absolute Gasteiger partial charge is 0.381 e. The number of aromatic amines is 1. The molecule has 170 valence electrons. The maximum absolute atomic E-state index is 12.3. The Morgan fingerprint density at radius 3 is 2.58 bits per heavy atom. The van der Waals surface area contributed by atoms with Gasteiger partial charge in [0.1, 0.15) is 0 Å². The summed E-state index contributed by atoms with van der Waals surface area (Å²) in [6, 6.07) is 3.24. The van der Waals surface area contributed by atoms with Crippen LogP contribution in [-0.4, -0.2) is 41.6 Å². The number of likely N-dealkylation sites (tertiary alicyclic amines) is 1. The normalized spacial score (nSPS) is 15.5. The van der Waals surface area contributed by atoms with Gasteiger partial charge in [-0.3, -0.25) is 4.79 Å². The van der Waals surface area contributed by atoms with E-state index in [4.69, 9.17) is 0 Å². The summed E-state index contributed by atoms with van der Waals surface area (Å²) in [7, 11) is 0. The average molecular weight is 443 g/mol. The molecule has 31 heavy (non-hydrogen) atoms. The number of piperidine rings is 1. The number of hydrogen-bond acceptors (Lipinski definition) is 5. The lowest BCUT2D eigenvalue weighted by molar-refractivity contribution is 0.170. The Labute approximate surface area is 191 Å². The van der Waals surface area contributed by atoms with E-state index in [1.807, 2.05) is 31.3 Å². The highest BCUT2D eigenvalue weighted by molar-refractivity contribution is 7.14. The first-order chi connectivity index (χ1) is 14.7. The maximum atomic E-state index is 12.3. The molecule has 2 aromatic heterocycles. The number of nitrogens with zero attached hydrogens (tertiary/aromatic N) is 2. The van der Waals surface area contributed by atoms with E-state index in [1.165, 1.54) is 36.5 Å². The maximum Gasteiger partial charge on any atom is 0.253 e. The Kier molecular flexibility index (Phi) is 7.65. The van der Waals surface area contributed by atoms with Crippen molar-refractivity contribution in [3.63, 3.8) is 0 Å². The van der Waals surface area contributed by atoms with Gasteiger partial charge in [0.15, 0.2) is 0 Å². The SMILES string of the molecule is C=C(NCc1c(C)cc(C)[nH]c1=O)c1csc(N(CC)C2CCN(C(C)C)CC2)c1C. The molecule has 0 aliphatic carbocycles. The zero-order valence-corrected chi connectivity index (χ0v) is 20.8. The molecule has 2 aromatic rings. The van der Waals surface area contributed by atoms with Crippen molar-refractivity contribution < 1.29 is 0 Å². The number of pyridine rings is 1. The highest BCUT2D eigenvalue weighted by Gasteiger charge is 2.27. The molecule has 1 aliphatic heterocycles. The molecular formula is C25H38N4OS. The molecule has 0 amide bonds. The van der Waals surface area contributed by atoms with Gasteiger partial charge in [0.05, 0.1) is 5.00 Å².